The van der Waals surface area contributed by atoms with Gasteiger partial charge in [0.25, 0.3) is 0 Å². The highest BCUT2D eigenvalue weighted by atomic mass is 19.1. The Bertz CT molecular complexity index is 535. The first-order chi connectivity index (χ1) is 8.61. The van der Waals surface area contributed by atoms with Crippen LogP contribution < -0.4 is 5.32 Å². The normalized spacial score (nSPS) is 12.4. The van der Waals surface area contributed by atoms with Crippen molar-refractivity contribution in [3.63, 3.8) is 0 Å². The largest absolute Gasteiger partial charge is 0.313 e. The molecule has 2 rings (SSSR count). The van der Waals surface area contributed by atoms with Crippen LogP contribution in [0.25, 0.3) is 11.1 Å². The van der Waals surface area contributed by atoms with E-state index in [0.29, 0.717) is 0 Å². The second kappa shape index (κ2) is 5.27. The van der Waals surface area contributed by atoms with Crippen LogP contribution in [0, 0.1) is 11.6 Å². The number of halogens is 2. The molecule has 0 spiro atoms. The molecular formula is C15H15F2N. The van der Waals surface area contributed by atoms with Gasteiger partial charge in [-0.05, 0) is 54.9 Å². The third-order valence-corrected chi connectivity index (χ3v) is 3.07. The van der Waals surface area contributed by atoms with Crippen LogP contribution >= 0.6 is 0 Å². The van der Waals surface area contributed by atoms with E-state index in [2.05, 4.69) is 5.32 Å². The Morgan fingerprint density at radius 3 is 2.17 bits per heavy atom. The summed E-state index contributed by atoms with van der Waals surface area (Å²) in [5.74, 6) is -0.584. The molecule has 0 heterocycles. The van der Waals surface area contributed by atoms with E-state index in [1.165, 1.54) is 24.3 Å². The topological polar surface area (TPSA) is 12.0 Å². The van der Waals surface area contributed by atoms with Crippen molar-refractivity contribution < 1.29 is 8.78 Å². The third kappa shape index (κ3) is 2.57. The summed E-state index contributed by atoms with van der Waals surface area (Å²) in [5, 5.41) is 3.13. The fraction of sp³-hybridized carbons (Fsp3) is 0.200. The molecule has 1 atom stereocenters. The monoisotopic (exact) mass is 247 g/mol. The molecule has 0 aliphatic carbocycles. The highest BCUT2D eigenvalue weighted by Crippen LogP contribution is 2.29. The van der Waals surface area contributed by atoms with E-state index in [9.17, 15) is 8.78 Å². The minimum Gasteiger partial charge on any atom is -0.313 e. The number of nitrogens with one attached hydrogen (secondary N) is 1. The summed E-state index contributed by atoms with van der Waals surface area (Å²) in [6.07, 6.45) is 0. The standard InChI is InChI=1S/C15H15F2N/c1-10(18-2)14-8-7-13(17)9-15(14)11-3-5-12(16)6-4-11/h3-10,18H,1-2H3. The zero-order valence-corrected chi connectivity index (χ0v) is 10.4. The van der Waals surface area contributed by atoms with E-state index < -0.39 is 0 Å². The van der Waals surface area contributed by atoms with Gasteiger partial charge in [0.15, 0.2) is 0 Å². The van der Waals surface area contributed by atoms with Crippen molar-refractivity contribution in [2.24, 2.45) is 0 Å². The molecule has 0 saturated carbocycles. The van der Waals surface area contributed by atoms with Crippen molar-refractivity contribution in [1.82, 2.24) is 5.32 Å². The molecule has 2 aromatic rings. The fourth-order valence-electron chi connectivity index (χ4n) is 1.94. The highest BCUT2D eigenvalue weighted by molar-refractivity contribution is 5.68. The summed E-state index contributed by atoms with van der Waals surface area (Å²) in [5.41, 5.74) is 2.59. The highest BCUT2D eigenvalue weighted by Gasteiger charge is 2.11. The van der Waals surface area contributed by atoms with Crippen molar-refractivity contribution in [1.29, 1.82) is 0 Å². The van der Waals surface area contributed by atoms with Crippen LogP contribution in [0.4, 0.5) is 8.78 Å². The second-order valence-corrected chi connectivity index (χ2v) is 4.25. The van der Waals surface area contributed by atoms with Crippen LogP contribution in [0.5, 0.6) is 0 Å². The molecule has 0 fully saturated rings. The Hall–Kier alpha value is -1.74. The van der Waals surface area contributed by atoms with Gasteiger partial charge in [-0.25, -0.2) is 8.78 Å². The predicted molar refractivity (Wildman–Crippen MR) is 69.3 cm³/mol. The molecule has 0 aliphatic rings. The molecule has 1 nitrogen and oxygen atoms in total. The van der Waals surface area contributed by atoms with E-state index in [1.807, 2.05) is 14.0 Å². The van der Waals surface area contributed by atoms with E-state index in [1.54, 1.807) is 18.2 Å². The van der Waals surface area contributed by atoms with Gasteiger partial charge in [0.05, 0.1) is 0 Å². The molecule has 1 N–H and O–H groups in total. The lowest BCUT2D eigenvalue weighted by molar-refractivity contribution is 0.620. The van der Waals surface area contributed by atoms with Crippen molar-refractivity contribution in [3.05, 3.63) is 59.7 Å². The molecule has 2 aromatic carbocycles. The first-order valence-corrected chi connectivity index (χ1v) is 5.84. The molecule has 0 saturated heterocycles. The van der Waals surface area contributed by atoms with Crippen molar-refractivity contribution in [2.45, 2.75) is 13.0 Å². The summed E-state index contributed by atoms with van der Waals surface area (Å²) in [7, 11) is 1.85. The van der Waals surface area contributed by atoms with Gasteiger partial charge in [0.2, 0.25) is 0 Å². The van der Waals surface area contributed by atoms with Gasteiger partial charge in [-0.15, -0.1) is 0 Å². The van der Waals surface area contributed by atoms with Crippen LogP contribution in [-0.4, -0.2) is 7.05 Å². The number of rotatable bonds is 3. The predicted octanol–water partition coefficient (Wildman–Crippen LogP) is 3.91. The zero-order valence-electron chi connectivity index (χ0n) is 10.4. The average Bonchev–Trinajstić information content (AvgIpc) is 2.38. The lowest BCUT2D eigenvalue weighted by Crippen LogP contribution is -2.13. The van der Waals surface area contributed by atoms with E-state index in [-0.39, 0.29) is 17.7 Å². The lowest BCUT2D eigenvalue weighted by atomic mass is 9.95. The van der Waals surface area contributed by atoms with Crippen molar-refractivity contribution in [3.8, 4) is 11.1 Å². The Balaban J connectivity index is 2.54. The van der Waals surface area contributed by atoms with Gasteiger partial charge in [-0.3, -0.25) is 0 Å². The zero-order chi connectivity index (χ0) is 13.1. The average molecular weight is 247 g/mol. The minimum atomic E-state index is -0.293. The summed E-state index contributed by atoms with van der Waals surface area (Å²) < 4.78 is 26.3. The van der Waals surface area contributed by atoms with Gasteiger partial charge >= 0.3 is 0 Å². The van der Waals surface area contributed by atoms with Gasteiger partial charge < -0.3 is 5.32 Å². The smallest absolute Gasteiger partial charge is 0.123 e. The van der Waals surface area contributed by atoms with Crippen molar-refractivity contribution >= 4 is 0 Å². The quantitative estimate of drug-likeness (QED) is 0.867. The maximum Gasteiger partial charge on any atom is 0.123 e. The summed E-state index contributed by atoms with van der Waals surface area (Å²) in [6, 6.07) is 10.9. The van der Waals surface area contributed by atoms with Crippen LogP contribution in [0.1, 0.15) is 18.5 Å². The Morgan fingerprint density at radius 2 is 1.56 bits per heavy atom. The molecule has 18 heavy (non-hydrogen) atoms. The maximum atomic E-state index is 13.4. The number of hydrogen-bond donors (Lipinski definition) is 1. The molecule has 3 heteroatoms. The van der Waals surface area contributed by atoms with E-state index in [0.717, 1.165) is 16.7 Å². The maximum absolute atomic E-state index is 13.4. The first-order valence-electron chi connectivity index (χ1n) is 5.84. The van der Waals surface area contributed by atoms with Crippen LogP contribution in [-0.2, 0) is 0 Å². The number of hydrogen-bond acceptors (Lipinski definition) is 1. The summed E-state index contributed by atoms with van der Waals surface area (Å²) >= 11 is 0. The fourth-order valence-corrected chi connectivity index (χ4v) is 1.94. The molecule has 0 bridgehead atoms. The third-order valence-electron chi connectivity index (χ3n) is 3.07. The SMILES string of the molecule is CNC(C)c1ccc(F)cc1-c1ccc(F)cc1. The molecule has 0 amide bonds. The number of benzene rings is 2. The van der Waals surface area contributed by atoms with Gasteiger partial charge in [-0.2, -0.15) is 0 Å². The molecule has 1 unspecified atom stereocenters. The Morgan fingerprint density at radius 1 is 0.944 bits per heavy atom. The van der Waals surface area contributed by atoms with E-state index >= 15 is 0 Å². The Kier molecular flexibility index (Phi) is 3.72. The molecule has 0 radical (unpaired) electrons. The molecule has 0 aliphatic heterocycles. The van der Waals surface area contributed by atoms with Gasteiger partial charge in [0.1, 0.15) is 11.6 Å². The Labute approximate surface area is 105 Å². The second-order valence-electron chi connectivity index (χ2n) is 4.25. The molecular weight excluding hydrogens is 232 g/mol. The first kappa shape index (κ1) is 12.7. The van der Waals surface area contributed by atoms with Gasteiger partial charge in [0, 0.05) is 6.04 Å². The van der Waals surface area contributed by atoms with Crippen LogP contribution in [0.2, 0.25) is 0 Å². The molecule has 0 aromatic heterocycles. The van der Waals surface area contributed by atoms with Crippen LogP contribution in [0.15, 0.2) is 42.5 Å². The lowest BCUT2D eigenvalue weighted by Gasteiger charge is -2.16. The van der Waals surface area contributed by atoms with Crippen LogP contribution in [0.3, 0.4) is 0 Å². The van der Waals surface area contributed by atoms with E-state index in [4.69, 9.17) is 0 Å². The summed E-state index contributed by atoms with van der Waals surface area (Å²) in [6.45, 7) is 2.00. The molecule has 94 valence electrons. The van der Waals surface area contributed by atoms with Gasteiger partial charge in [-0.1, -0.05) is 18.2 Å². The summed E-state index contributed by atoms with van der Waals surface area (Å²) in [4.78, 5) is 0. The minimum absolute atomic E-state index is 0.102. The van der Waals surface area contributed by atoms with Crippen molar-refractivity contribution in [2.75, 3.05) is 7.05 Å².